The number of ether oxygens (including phenoxy) is 1. The van der Waals surface area contributed by atoms with E-state index in [0.29, 0.717) is 5.75 Å². The topological polar surface area (TPSA) is 41.6 Å². The summed E-state index contributed by atoms with van der Waals surface area (Å²) in [6, 6.07) is 15.8. The van der Waals surface area contributed by atoms with Crippen LogP contribution in [0.4, 0.5) is 5.69 Å². The molecule has 4 nitrogen and oxygen atoms in total. The molecule has 126 valence electrons. The second-order valence-electron chi connectivity index (χ2n) is 6.34. The van der Waals surface area contributed by atoms with Crippen molar-refractivity contribution in [2.75, 3.05) is 25.0 Å². The lowest BCUT2D eigenvalue weighted by Crippen LogP contribution is -2.21. The summed E-state index contributed by atoms with van der Waals surface area (Å²) in [7, 11) is 0. The fraction of sp³-hybridized carbons (Fsp3) is 0.350. The van der Waals surface area contributed by atoms with Gasteiger partial charge in [0.05, 0.1) is 0 Å². The first kappa shape index (κ1) is 16.5. The van der Waals surface area contributed by atoms with Crippen LogP contribution in [0.2, 0.25) is 0 Å². The predicted octanol–water partition coefficient (Wildman–Crippen LogP) is 3.61. The number of nitrogens with one attached hydrogen (secondary N) is 1. The van der Waals surface area contributed by atoms with E-state index in [-0.39, 0.29) is 12.5 Å². The molecule has 2 aromatic carbocycles. The van der Waals surface area contributed by atoms with Crippen molar-refractivity contribution < 1.29 is 9.53 Å². The van der Waals surface area contributed by atoms with Gasteiger partial charge in [-0.2, -0.15) is 0 Å². The van der Waals surface area contributed by atoms with Gasteiger partial charge >= 0.3 is 0 Å². The quantitative estimate of drug-likeness (QED) is 0.882. The first-order valence-corrected chi connectivity index (χ1v) is 8.50. The highest BCUT2D eigenvalue weighted by Crippen LogP contribution is 2.16. The number of likely N-dealkylation sites (tertiary alicyclic amines) is 1. The van der Waals surface area contributed by atoms with Gasteiger partial charge in [-0.1, -0.05) is 24.3 Å². The van der Waals surface area contributed by atoms with E-state index in [1.165, 1.54) is 31.5 Å². The van der Waals surface area contributed by atoms with Crippen LogP contribution in [0.1, 0.15) is 24.0 Å². The van der Waals surface area contributed by atoms with Gasteiger partial charge in [0.2, 0.25) is 0 Å². The Kier molecular flexibility index (Phi) is 5.49. The molecule has 0 bridgehead atoms. The van der Waals surface area contributed by atoms with Crippen molar-refractivity contribution in [1.29, 1.82) is 0 Å². The maximum absolute atomic E-state index is 12.1. The van der Waals surface area contributed by atoms with E-state index in [4.69, 9.17) is 4.74 Å². The van der Waals surface area contributed by atoms with E-state index in [9.17, 15) is 4.79 Å². The number of amides is 1. The van der Waals surface area contributed by atoms with E-state index < -0.39 is 0 Å². The molecule has 1 aliphatic heterocycles. The lowest BCUT2D eigenvalue weighted by Gasteiger charge is -2.15. The van der Waals surface area contributed by atoms with E-state index >= 15 is 0 Å². The highest BCUT2D eigenvalue weighted by atomic mass is 16.5. The molecule has 1 heterocycles. The molecule has 2 aromatic rings. The lowest BCUT2D eigenvalue weighted by atomic mass is 10.2. The first-order valence-electron chi connectivity index (χ1n) is 8.50. The second-order valence-corrected chi connectivity index (χ2v) is 6.34. The lowest BCUT2D eigenvalue weighted by molar-refractivity contribution is -0.118. The van der Waals surface area contributed by atoms with Crippen molar-refractivity contribution in [3.8, 4) is 5.75 Å². The molecule has 0 aromatic heterocycles. The van der Waals surface area contributed by atoms with Crippen molar-refractivity contribution in [1.82, 2.24) is 4.90 Å². The predicted molar refractivity (Wildman–Crippen MR) is 96.3 cm³/mol. The number of carbonyl (C=O) groups is 1. The molecule has 0 radical (unpaired) electrons. The number of benzene rings is 2. The minimum absolute atomic E-state index is 0.0137. The minimum atomic E-state index is -0.144. The van der Waals surface area contributed by atoms with Gasteiger partial charge in [-0.25, -0.2) is 0 Å². The Hall–Kier alpha value is -2.33. The summed E-state index contributed by atoms with van der Waals surface area (Å²) in [4.78, 5) is 14.5. The van der Waals surface area contributed by atoms with Crippen molar-refractivity contribution in [3.05, 3.63) is 59.7 Å². The zero-order chi connectivity index (χ0) is 16.8. The zero-order valence-electron chi connectivity index (χ0n) is 14.1. The highest BCUT2D eigenvalue weighted by Gasteiger charge is 2.12. The van der Waals surface area contributed by atoms with Gasteiger partial charge in [-0.05, 0) is 68.2 Å². The molecule has 1 amide bonds. The van der Waals surface area contributed by atoms with E-state index in [1.54, 1.807) is 0 Å². The molecule has 0 atom stereocenters. The van der Waals surface area contributed by atoms with Gasteiger partial charge in [0.1, 0.15) is 5.75 Å². The summed E-state index contributed by atoms with van der Waals surface area (Å²) in [5.41, 5.74) is 3.17. The summed E-state index contributed by atoms with van der Waals surface area (Å²) in [5, 5.41) is 2.91. The molecule has 1 saturated heterocycles. The number of anilines is 1. The smallest absolute Gasteiger partial charge is 0.262 e. The molecule has 1 N–H and O–H groups in total. The van der Waals surface area contributed by atoms with Crippen molar-refractivity contribution in [2.24, 2.45) is 0 Å². The largest absolute Gasteiger partial charge is 0.484 e. The van der Waals surface area contributed by atoms with Gasteiger partial charge in [0, 0.05) is 12.2 Å². The Morgan fingerprint density at radius 1 is 1.12 bits per heavy atom. The van der Waals surface area contributed by atoms with Crippen LogP contribution in [-0.4, -0.2) is 30.5 Å². The van der Waals surface area contributed by atoms with Gasteiger partial charge in [0.25, 0.3) is 5.91 Å². The van der Waals surface area contributed by atoms with E-state index in [1.807, 2.05) is 49.4 Å². The number of hydrogen-bond acceptors (Lipinski definition) is 3. The van der Waals surface area contributed by atoms with Crippen molar-refractivity contribution in [3.63, 3.8) is 0 Å². The molecule has 3 rings (SSSR count). The molecule has 24 heavy (non-hydrogen) atoms. The van der Waals surface area contributed by atoms with Gasteiger partial charge in [0.15, 0.2) is 6.61 Å². The Morgan fingerprint density at radius 2 is 1.92 bits per heavy atom. The Labute approximate surface area is 143 Å². The SMILES string of the molecule is Cc1cccc(OCC(=O)Nc2cccc(CN3CCCC3)c2)c1. The highest BCUT2D eigenvalue weighted by molar-refractivity contribution is 5.91. The number of aryl methyl sites for hydroxylation is 1. The van der Waals surface area contributed by atoms with Crippen LogP contribution in [-0.2, 0) is 11.3 Å². The van der Waals surface area contributed by atoms with E-state index in [2.05, 4.69) is 16.3 Å². The molecular weight excluding hydrogens is 300 g/mol. The monoisotopic (exact) mass is 324 g/mol. The third-order valence-electron chi connectivity index (χ3n) is 4.18. The third-order valence-corrected chi connectivity index (χ3v) is 4.18. The molecule has 0 unspecified atom stereocenters. The van der Waals surface area contributed by atoms with Crippen LogP contribution in [0.5, 0.6) is 5.75 Å². The average Bonchev–Trinajstić information content (AvgIpc) is 3.06. The second kappa shape index (κ2) is 7.97. The molecule has 1 aliphatic rings. The van der Waals surface area contributed by atoms with Crippen LogP contribution in [0.15, 0.2) is 48.5 Å². The number of hydrogen-bond donors (Lipinski definition) is 1. The van der Waals surface area contributed by atoms with Crippen molar-refractivity contribution >= 4 is 11.6 Å². The summed E-state index contributed by atoms with van der Waals surface area (Å²) in [6.07, 6.45) is 2.57. The summed E-state index contributed by atoms with van der Waals surface area (Å²) in [5.74, 6) is 0.572. The standard InChI is InChI=1S/C20H24N2O2/c1-16-6-4-9-19(12-16)24-15-20(23)21-18-8-5-7-17(13-18)14-22-10-2-3-11-22/h4-9,12-13H,2-3,10-11,14-15H2,1H3,(H,21,23). The molecule has 0 saturated carbocycles. The van der Waals surface area contributed by atoms with Crippen LogP contribution in [0.3, 0.4) is 0 Å². The minimum Gasteiger partial charge on any atom is -0.484 e. The van der Waals surface area contributed by atoms with Crippen LogP contribution >= 0.6 is 0 Å². The maximum Gasteiger partial charge on any atom is 0.262 e. The first-order chi connectivity index (χ1) is 11.7. The fourth-order valence-electron chi connectivity index (χ4n) is 3.00. The number of carbonyl (C=O) groups excluding carboxylic acids is 1. The summed E-state index contributed by atoms with van der Waals surface area (Å²) in [6.45, 7) is 5.30. The molecule has 4 heteroatoms. The molecule has 1 fully saturated rings. The van der Waals surface area contributed by atoms with Gasteiger partial charge in [-0.3, -0.25) is 9.69 Å². The molecular formula is C20H24N2O2. The third kappa shape index (κ3) is 4.83. The van der Waals surface area contributed by atoms with Crippen LogP contribution in [0.25, 0.3) is 0 Å². The average molecular weight is 324 g/mol. The maximum atomic E-state index is 12.1. The Balaban J connectivity index is 1.52. The van der Waals surface area contributed by atoms with Crippen LogP contribution < -0.4 is 10.1 Å². The number of rotatable bonds is 6. The van der Waals surface area contributed by atoms with Crippen molar-refractivity contribution in [2.45, 2.75) is 26.3 Å². The van der Waals surface area contributed by atoms with Crippen LogP contribution in [0, 0.1) is 6.92 Å². The Bertz CT molecular complexity index is 694. The van der Waals surface area contributed by atoms with Gasteiger partial charge < -0.3 is 10.1 Å². The zero-order valence-corrected chi connectivity index (χ0v) is 14.1. The van der Waals surface area contributed by atoms with E-state index in [0.717, 1.165) is 17.8 Å². The van der Waals surface area contributed by atoms with Gasteiger partial charge in [-0.15, -0.1) is 0 Å². The normalized spacial score (nSPS) is 14.5. The summed E-state index contributed by atoms with van der Waals surface area (Å²) < 4.78 is 5.54. The fourth-order valence-corrected chi connectivity index (χ4v) is 3.00. The molecule has 0 spiro atoms. The summed E-state index contributed by atoms with van der Waals surface area (Å²) >= 11 is 0. The molecule has 0 aliphatic carbocycles. The Morgan fingerprint density at radius 3 is 2.71 bits per heavy atom. The number of nitrogens with zero attached hydrogens (tertiary/aromatic N) is 1.